The predicted octanol–water partition coefficient (Wildman–Crippen LogP) is 1.91. The van der Waals surface area contributed by atoms with E-state index in [1.165, 1.54) is 0 Å². The Kier molecular flexibility index (Phi) is 7.68. The Bertz CT molecular complexity index is 294. The van der Waals surface area contributed by atoms with Crippen molar-refractivity contribution < 1.29 is 19.4 Å². The molecule has 0 aliphatic carbocycles. The molecule has 1 atom stereocenters. The molecule has 0 aromatic heterocycles. The van der Waals surface area contributed by atoms with E-state index < -0.39 is 23.2 Å². The third-order valence-electron chi connectivity index (χ3n) is 2.59. The van der Waals surface area contributed by atoms with Gasteiger partial charge in [-0.2, -0.15) is 0 Å². The van der Waals surface area contributed by atoms with Crippen molar-refractivity contribution in [2.45, 2.75) is 41.0 Å². The summed E-state index contributed by atoms with van der Waals surface area (Å²) in [4.78, 5) is 23.0. The molecule has 19 heavy (non-hydrogen) atoms. The third-order valence-corrected chi connectivity index (χ3v) is 2.59. The normalized spacial score (nSPS) is 13.4. The lowest BCUT2D eigenvalue weighted by Crippen LogP contribution is -2.43. The van der Waals surface area contributed by atoms with E-state index in [4.69, 9.17) is 9.84 Å². The van der Waals surface area contributed by atoms with E-state index in [1.54, 1.807) is 20.8 Å². The number of ether oxygens (including phenoxy) is 1. The number of aliphatic carboxylic acids is 1. The molecule has 0 saturated carbocycles. The predicted molar refractivity (Wildman–Crippen MR) is 73.9 cm³/mol. The number of hydrogen-bond acceptors (Lipinski definition) is 3. The Balaban J connectivity index is 3.99. The van der Waals surface area contributed by atoms with Gasteiger partial charge in [-0.3, -0.25) is 9.59 Å². The van der Waals surface area contributed by atoms with Gasteiger partial charge in [-0.15, -0.1) is 0 Å². The van der Waals surface area contributed by atoms with E-state index in [0.717, 1.165) is 0 Å². The summed E-state index contributed by atoms with van der Waals surface area (Å²) >= 11 is 0. The van der Waals surface area contributed by atoms with Crippen molar-refractivity contribution in [2.75, 3.05) is 19.8 Å². The molecule has 5 nitrogen and oxygen atoms in total. The summed E-state index contributed by atoms with van der Waals surface area (Å²) in [6.07, 6.45) is 0.689. The summed E-state index contributed by atoms with van der Waals surface area (Å²) in [7, 11) is 0. The Morgan fingerprint density at radius 3 is 2.26 bits per heavy atom. The summed E-state index contributed by atoms with van der Waals surface area (Å²) in [5.74, 6) is -2.04. The van der Waals surface area contributed by atoms with Gasteiger partial charge in [0.2, 0.25) is 5.91 Å². The van der Waals surface area contributed by atoms with Crippen LogP contribution in [0.15, 0.2) is 0 Å². The molecule has 1 amide bonds. The second-order valence-corrected chi connectivity index (χ2v) is 6.25. The van der Waals surface area contributed by atoms with Crippen LogP contribution in [0.5, 0.6) is 0 Å². The number of carbonyl (C=O) groups excluding carboxylic acids is 1. The molecule has 5 heteroatoms. The van der Waals surface area contributed by atoms with Crippen LogP contribution in [0.3, 0.4) is 0 Å². The maximum Gasteiger partial charge on any atom is 0.316 e. The molecule has 2 N–H and O–H groups in total. The van der Waals surface area contributed by atoms with E-state index in [-0.39, 0.29) is 0 Å². The molecule has 0 aromatic carbocycles. The van der Waals surface area contributed by atoms with Gasteiger partial charge >= 0.3 is 5.97 Å². The third kappa shape index (κ3) is 7.82. The van der Waals surface area contributed by atoms with Crippen LogP contribution in [0.1, 0.15) is 41.0 Å². The molecule has 112 valence electrons. The van der Waals surface area contributed by atoms with Crippen LogP contribution in [0.2, 0.25) is 0 Å². The minimum absolute atomic E-state index is 0.427. The highest BCUT2D eigenvalue weighted by atomic mass is 16.5. The molecular weight excluding hydrogens is 246 g/mol. The number of rotatable bonds is 8. The Labute approximate surface area is 115 Å². The van der Waals surface area contributed by atoms with Gasteiger partial charge in [0.15, 0.2) is 0 Å². The molecule has 0 saturated heterocycles. The SMILES string of the molecule is CC(C)COCCCNC(=O)C(C(=O)O)C(C)(C)C. The van der Waals surface area contributed by atoms with Gasteiger partial charge in [0.1, 0.15) is 5.92 Å². The minimum atomic E-state index is -1.08. The monoisotopic (exact) mass is 273 g/mol. The quantitative estimate of drug-likeness (QED) is 0.523. The smallest absolute Gasteiger partial charge is 0.316 e. The van der Waals surface area contributed by atoms with Crippen molar-refractivity contribution in [3.8, 4) is 0 Å². The van der Waals surface area contributed by atoms with E-state index in [1.807, 2.05) is 0 Å². The Morgan fingerprint density at radius 2 is 1.84 bits per heavy atom. The summed E-state index contributed by atoms with van der Waals surface area (Å²) in [5, 5.41) is 11.8. The molecule has 0 fully saturated rings. The standard InChI is InChI=1S/C14H27NO4/c1-10(2)9-19-8-6-7-15-12(16)11(13(17)18)14(3,4)5/h10-11H,6-9H2,1-5H3,(H,15,16)(H,17,18). The van der Waals surface area contributed by atoms with Crippen molar-refractivity contribution in [2.24, 2.45) is 17.3 Å². The number of carboxylic acids is 1. The second kappa shape index (κ2) is 8.15. The summed E-state index contributed by atoms with van der Waals surface area (Å²) in [6, 6.07) is 0. The highest BCUT2D eigenvalue weighted by Crippen LogP contribution is 2.26. The van der Waals surface area contributed by atoms with Crippen molar-refractivity contribution in [1.82, 2.24) is 5.32 Å². The van der Waals surface area contributed by atoms with Crippen LogP contribution in [0.4, 0.5) is 0 Å². The molecule has 0 rings (SSSR count). The zero-order valence-corrected chi connectivity index (χ0v) is 12.7. The lowest BCUT2D eigenvalue weighted by molar-refractivity contribution is -0.151. The number of amides is 1. The molecular formula is C14H27NO4. The van der Waals surface area contributed by atoms with E-state index in [0.29, 0.717) is 32.1 Å². The van der Waals surface area contributed by atoms with Gasteiger partial charge in [-0.1, -0.05) is 34.6 Å². The highest BCUT2D eigenvalue weighted by Gasteiger charge is 2.37. The lowest BCUT2D eigenvalue weighted by atomic mass is 9.80. The van der Waals surface area contributed by atoms with E-state index >= 15 is 0 Å². The van der Waals surface area contributed by atoms with Crippen LogP contribution in [0, 0.1) is 17.3 Å². The first-order valence-electron chi connectivity index (χ1n) is 6.74. The van der Waals surface area contributed by atoms with E-state index in [9.17, 15) is 9.59 Å². The molecule has 0 aromatic rings. The van der Waals surface area contributed by atoms with Crippen molar-refractivity contribution in [3.05, 3.63) is 0 Å². The van der Waals surface area contributed by atoms with Crippen LogP contribution >= 0.6 is 0 Å². The zero-order chi connectivity index (χ0) is 15.1. The van der Waals surface area contributed by atoms with Gasteiger partial charge in [0, 0.05) is 19.8 Å². The van der Waals surface area contributed by atoms with Gasteiger partial charge < -0.3 is 15.2 Å². The molecule has 1 unspecified atom stereocenters. The summed E-state index contributed by atoms with van der Waals surface area (Å²) < 4.78 is 5.38. The average molecular weight is 273 g/mol. The summed E-state index contributed by atoms with van der Waals surface area (Å²) in [6.45, 7) is 11.1. The molecule has 0 aliphatic heterocycles. The molecule has 0 heterocycles. The maximum atomic E-state index is 11.8. The van der Waals surface area contributed by atoms with Gasteiger partial charge in [0.05, 0.1) is 0 Å². The second-order valence-electron chi connectivity index (χ2n) is 6.25. The largest absolute Gasteiger partial charge is 0.481 e. The van der Waals surface area contributed by atoms with Crippen LogP contribution in [0.25, 0.3) is 0 Å². The number of carboxylic acid groups (broad SMARTS) is 1. The van der Waals surface area contributed by atoms with Crippen molar-refractivity contribution >= 4 is 11.9 Å². The Hall–Kier alpha value is -1.10. The lowest BCUT2D eigenvalue weighted by Gasteiger charge is -2.25. The number of carbonyl (C=O) groups is 2. The fourth-order valence-electron chi connectivity index (χ4n) is 1.68. The van der Waals surface area contributed by atoms with Crippen LogP contribution in [-0.2, 0) is 14.3 Å². The zero-order valence-electron chi connectivity index (χ0n) is 12.7. The minimum Gasteiger partial charge on any atom is -0.481 e. The first-order valence-corrected chi connectivity index (χ1v) is 6.74. The molecule has 0 spiro atoms. The number of hydrogen-bond donors (Lipinski definition) is 2. The van der Waals surface area contributed by atoms with Gasteiger partial charge in [-0.25, -0.2) is 0 Å². The number of nitrogens with one attached hydrogen (secondary N) is 1. The molecule has 0 radical (unpaired) electrons. The van der Waals surface area contributed by atoms with Crippen LogP contribution < -0.4 is 5.32 Å². The highest BCUT2D eigenvalue weighted by molar-refractivity contribution is 5.97. The molecule has 0 aliphatic rings. The average Bonchev–Trinajstić information content (AvgIpc) is 2.19. The summed E-state index contributed by atoms with van der Waals surface area (Å²) in [5.41, 5.74) is -0.593. The fourth-order valence-corrected chi connectivity index (χ4v) is 1.68. The maximum absolute atomic E-state index is 11.8. The topological polar surface area (TPSA) is 75.6 Å². The van der Waals surface area contributed by atoms with Gasteiger partial charge in [0.25, 0.3) is 0 Å². The first-order chi connectivity index (χ1) is 8.66. The van der Waals surface area contributed by atoms with E-state index in [2.05, 4.69) is 19.2 Å². The fraction of sp³-hybridized carbons (Fsp3) is 0.857. The molecule has 0 bridgehead atoms. The van der Waals surface area contributed by atoms with Crippen LogP contribution in [-0.4, -0.2) is 36.7 Å². The van der Waals surface area contributed by atoms with Crippen molar-refractivity contribution in [3.63, 3.8) is 0 Å². The first kappa shape index (κ1) is 17.9. The van der Waals surface area contributed by atoms with Crippen molar-refractivity contribution in [1.29, 1.82) is 0 Å². The van der Waals surface area contributed by atoms with Gasteiger partial charge in [-0.05, 0) is 17.8 Å². The Morgan fingerprint density at radius 1 is 1.26 bits per heavy atom.